The lowest BCUT2D eigenvalue weighted by molar-refractivity contribution is 0.106. The first kappa shape index (κ1) is 18.6. The van der Waals surface area contributed by atoms with Crippen LogP contribution in [-0.4, -0.2) is 11.5 Å². The molecule has 2 heteroatoms. The summed E-state index contributed by atoms with van der Waals surface area (Å²) in [4.78, 5) is 18.4. The third-order valence-corrected chi connectivity index (χ3v) is 4.79. The number of rotatable bonds is 6. The third kappa shape index (κ3) is 4.39. The van der Waals surface area contributed by atoms with Gasteiger partial charge in [0.25, 0.3) is 0 Å². The molecule has 0 spiro atoms. The molecule has 29 heavy (non-hydrogen) atoms. The maximum Gasteiger partial charge on any atom is 0.211 e. The Morgan fingerprint density at radius 1 is 0.517 bits per heavy atom. The van der Waals surface area contributed by atoms with Crippen molar-refractivity contribution in [2.45, 2.75) is 6.04 Å². The Hall–Kier alpha value is -3.78. The molecule has 4 rings (SSSR count). The van der Waals surface area contributed by atoms with Crippen molar-refractivity contribution in [1.29, 1.82) is 0 Å². The van der Waals surface area contributed by atoms with Crippen LogP contribution in [0.5, 0.6) is 0 Å². The van der Waals surface area contributed by atoms with Crippen LogP contribution < -0.4 is 0 Å². The van der Waals surface area contributed by atoms with E-state index < -0.39 is 0 Å². The molecule has 0 saturated heterocycles. The maximum absolute atomic E-state index is 13.4. The zero-order valence-corrected chi connectivity index (χ0v) is 16.0. The lowest BCUT2D eigenvalue weighted by Gasteiger charge is -2.16. The average Bonchev–Trinajstić information content (AvgIpc) is 2.82. The fourth-order valence-corrected chi connectivity index (χ4v) is 3.33. The highest BCUT2D eigenvalue weighted by atomic mass is 16.1. The molecule has 0 fully saturated rings. The number of Topliss-reactive ketones (excluding diaryl/α,β-unsaturated/α-hetero) is 1. The Morgan fingerprint density at radius 2 is 0.897 bits per heavy atom. The van der Waals surface area contributed by atoms with Crippen LogP contribution in [0.1, 0.15) is 33.1 Å². The topological polar surface area (TPSA) is 29.4 Å². The summed E-state index contributed by atoms with van der Waals surface area (Å²) in [5.74, 6) is -0.0753. The fourth-order valence-electron chi connectivity index (χ4n) is 3.33. The van der Waals surface area contributed by atoms with Crippen LogP contribution in [-0.2, 0) is 0 Å². The Kier molecular flexibility index (Phi) is 5.73. The summed E-state index contributed by atoms with van der Waals surface area (Å²) < 4.78 is 0. The van der Waals surface area contributed by atoms with Gasteiger partial charge in [-0.2, -0.15) is 0 Å². The van der Waals surface area contributed by atoms with E-state index in [-0.39, 0.29) is 11.8 Å². The standard InChI is InChI=1S/C27H21NO/c29-27(24-19-11-4-12-20-24)26(23-17-9-3-10-18-23)28-25(21-13-5-1-6-14-21)22-15-7-2-8-16-22/h1-20,25H. The first-order valence-corrected chi connectivity index (χ1v) is 9.66. The van der Waals surface area contributed by atoms with Crippen LogP contribution in [0.25, 0.3) is 0 Å². The van der Waals surface area contributed by atoms with Gasteiger partial charge in [0.05, 0.1) is 0 Å². The number of benzene rings is 4. The van der Waals surface area contributed by atoms with Crippen molar-refractivity contribution in [3.05, 3.63) is 144 Å². The first-order valence-electron chi connectivity index (χ1n) is 9.66. The van der Waals surface area contributed by atoms with E-state index in [2.05, 4.69) is 24.3 Å². The fraction of sp³-hybridized carbons (Fsp3) is 0.0370. The van der Waals surface area contributed by atoms with E-state index in [1.807, 2.05) is 97.1 Å². The zero-order valence-electron chi connectivity index (χ0n) is 16.0. The van der Waals surface area contributed by atoms with Gasteiger partial charge in [0.15, 0.2) is 0 Å². The molecule has 0 aliphatic carbocycles. The van der Waals surface area contributed by atoms with Crippen LogP contribution >= 0.6 is 0 Å². The molecule has 0 bridgehead atoms. The number of nitrogens with zero attached hydrogens (tertiary/aromatic N) is 1. The van der Waals surface area contributed by atoms with E-state index in [1.165, 1.54) is 0 Å². The molecule has 0 radical (unpaired) electrons. The molecule has 4 aromatic rings. The smallest absolute Gasteiger partial charge is 0.211 e. The molecule has 0 N–H and O–H groups in total. The van der Waals surface area contributed by atoms with Crippen molar-refractivity contribution in [3.8, 4) is 0 Å². The summed E-state index contributed by atoms with van der Waals surface area (Å²) in [6, 6.07) is 38.9. The Labute approximate surface area is 171 Å². The van der Waals surface area contributed by atoms with E-state index in [4.69, 9.17) is 4.99 Å². The molecule has 0 aliphatic heterocycles. The average molecular weight is 375 g/mol. The highest BCUT2D eigenvalue weighted by Crippen LogP contribution is 2.27. The maximum atomic E-state index is 13.4. The van der Waals surface area contributed by atoms with E-state index in [0.29, 0.717) is 11.3 Å². The third-order valence-electron chi connectivity index (χ3n) is 4.79. The van der Waals surface area contributed by atoms with Crippen molar-refractivity contribution >= 4 is 11.5 Å². The normalized spacial score (nSPS) is 11.4. The van der Waals surface area contributed by atoms with Crippen molar-refractivity contribution in [3.63, 3.8) is 0 Å². The molecule has 4 aromatic carbocycles. The second-order valence-corrected chi connectivity index (χ2v) is 6.76. The highest BCUT2D eigenvalue weighted by molar-refractivity contribution is 6.51. The molecule has 140 valence electrons. The number of hydrogen-bond acceptors (Lipinski definition) is 2. The largest absolute Gasteiger partial charge is 0.287 e. The lowest BCUT2D eigenvalue weighted by atomic mass is 9.96. The highest BCUT2D eigenvalue weighted by Gasteiger charge is 2.20. The number of ketones is 1. The van der Waals surface area contributed by atoms with Crippen LogP contribution in [0.2, 0.25) is 0 Å². The summed E-state index contributed by atoms with van der Waals surface area (Å²) in [6.07, 6.45) is 0. The summed E-state index contributed by atoms with van der Waals surface area (Å²) in [6.45, 7) is 0. The van der Waals surface area contributed by atoms with Crippen molar-refractivity contribution < 1.29 is 4.79 Å². The Balaban J connectivity index is 1.88. The number of hydrogen-bond donors (Lipinski definition) is 0. The van der Waals surface area contributed by atoms with E-state index in [1.54, 1.807) is 0 Å². The molecule has 0 atom stereocenters. The van der Waals surface area contributed by atoms with Gasteiger partial charge in [0.2, 0.25) is 5.78 Å². The molecule has 0 aliphatic rings. The van der Waals surface area contributed by atoms with E-state index >= 15 is 0 Å². The minimum Gasteiger partial charge on any atom is -0.287 e. The monoisotopic (exact) mass is 375 g/mol. The van der Waals surface area contributed by atoms with Crippen LogP contribution in [0.3, 0.4) is 0 Å². The van der Waals surface area contributed by atoms with Gasteiger partial charge in [0.1, 0.15) is 11.8 Å². The van der Waals surface area contributed by atoms with Crippen LogP contribution in [0.4, 0.5) is 0 Å². The Morgan fingerprint density at radius 3 is 1.34 bits per heavy atom. The van der Waals surface area contributed by atoms with Crippen molar-refractivity contribution in [1.82, 2.24) is 0 Å². The van der Waals surface area contributed by atoms with Gasteiger partial charge < -0.3 is 0 Å². The molecule has 0 heterocycles. The molecule has 0 amide bonds. The SMILES string of the molecule is O=C(C(=NC(c1ccccc1)c1ccccc1)c1ccccc1)c1ccccc1. The molecule has 2 nitrogen and oxygen atoms in total. The Bertz CT molecular complexity index is 1050. The van der Waals surface area contributed by atoms with Crippen molar-refractivity contribution in [2.24, 2.45) is 4.99 Å². The molecule has 0 aromatic heterocycles. The first-order chi connectivity index (χ1) is 14.3. The summed E-state index contributed by atoms with van der Waals surface area (Å²) in [5, 5.41) is 0. The van der Waals surface area contributed by atoms with Gasteiger partial charge in [-0.05, 0) is 11.1 Å². The van der Waals surface area contributed by atoms with E-state index in [0.717, 1.165) is 16.7 Å². The molecular weight excluding hydrogens is 354 g/mol. The zero-order chi connectivity index (χ0) is 19.9. The van der Waals surface area contributed by atoms with Gasteiger partial charge in [-0.15, -0.1) is 0 Å². The second-order valence-electron chi connectivity index (χ2n) is 6.76. The lowest BCUT2D eigenvalue weighted by Crippen LogP contribution is -2.18. The van der Waals surface area contributed by atoms with Crippen molar-refractivity contribution in [2.75, 3.05) is 0 Å². The molecular formula is C27H21NO. The summed E-state index contributed by atoms with van der Waals surface area (Å²) >= 11 is 0. The second kappa shape index (κ2) is 8.94. The predicted molar refractivity (Wildman–Crippen MR) is 118 cm³/mol. The predicted octanol–water partition coefficient (Wildman–Crippen LogP) is 6.15. The molecule has 0 saturated carbocycles. The number of carbonyl (C=O) groups is 1. The van der Waals surface area contributed by atoms with Gasteiger partial charge in [-0.3, -0.25) is 9.79 Å². The van der Waals surface area contributed by atoms with Gasteiger partial charge in [-0.1, -0.05) is 121 Å². The van der Waals surface area contributed by atoms with Crippen LogP contribution in [0.15, 0.2) is 126 Å². The quantitative estimate of drug-likeness (QED) is 0.294. The number of aliphatic imine (C=N–C) groups is 1. The van der Waals surface area contributed by atoms with Gasteiger partial charge in [-0.25, -0.2) is 0 Å². The van der Waals surface area contributed by atoms with E-state index in [9.17, 15) is 4.79 Å². The number of carbonyl (C=O) groups excluding carboxylic acids is 1. The minimum atomic E-state index is -0.264. The molecule has 0 unspecified atom stereocenters. The van der Waals surface area contributed by atoms with Gasteiger partial charge in [0, 0.05) is 11.1 Å². The minimum absolute atomic E-state index is 0.0753. The van der Waals surface area contributed by atoms with Gasteiger partial charge >= 0.3 is 0 Å². The summed E-state index contributed by atoms with van der Waals surface area (Å²) in [7, 11) is 0. The summed E-state index contributed by atoms with van der Waals surface area (Å²) in [5.41, 5.74) is 4.02. The van der Waals surface area contributed by atoms with Crippen LogP contribution in [0, 0.1) is 0 Å².